The van der Waals surface area contributed by atoms with E-state index in [1.54, 1.807) is 38.2 Å². The van der Waals surface area contributed by atoms with Gasteiger partial charge >= 0.3 is 0 Å². The normalized spacial score (nSPS) is 16.4. The van der Waals surface area contributed by atoms with E-state index in [-0.39, 0.29) is 16.6 Å². The second kappa shape index (κ2) is 7.87. The molecule has 1 heterocycles. The quantitative estimate of drug-likeness (QED) is 0.765. The number of anilines is 2. The van der Waals surface area contributed by atoms with Gasteiger partial charge in [-0.3, -0.25) is 4.79 Å². The number of hydrogen-bond acceptors (Lipinski definition) is 6. The van der Waals surface area contributed by atoms with Crippen molar-refractivity contribution in [3.63, 3.8) is 0 Å². The molecule has 1 aromatic carbocycles. The van der Waals surface area contributed by atoms with Crippen molar-refractivity contribution in [3.05, 3.63) is 53.5 Å². The zero-order valence-corrected chi connectivity index (χ0v) is 16.1. The SMILES string of the molecule is Cc1cc(C)nc(NS(=O)(=O)c2ccc(NC=C3CCCCC3=O)cc2)n1. The van der Waals surface area contributed by atoms with E-state index in [9.17, 15) is 13.2 Å². The fraction of sp³-hybridized carbons (Fsp3) is 0.316. The van der Waals surface area contributed by atoms with Crippen LogP contribution in [0.4, 0.5) is 11.6 Å². The molecule has 1 aromatic heterocycles. The number of nitrogens with one attached hydrogen (secondary N) is 2. The third-order valence-electron chi connectivity index (χ3n) is 4.24. The number of nitrogens with zero attached hydrogens (tertiary/aromatic N) is 2. The van der Waals surface area contributed by atoms with Gasteiger partial charge in [0, 0.05) is 35.3 Å². The van der Waals surface area contributed by atoms with Crippen LogP contribution >= 0.6 is 0 Å². The molecule has 2 N–H and O–H groups in total. The van der Waals surface area contributed by atoms with Crippen molar-refractivity contribution >= 4 is 27.4 Å². The zero-order valence-electron chi connectivity index (χ0n) is 15.3. The summed E-state index contributed by atoms with van der Waals surface area (Å²) in [5.41, 5.74) is 2.86. The van der Waals surface area contributed by atoms with Gasteiger partial charge in [0.05, 0.1) is 4.90 Å². The largest absolute Gasteiger partial charge is 0.361 e. The summed E-state index contributed by atoms with van der Waals surface area (Å²) < 4.78 is 27.4. The zero-order chi connectivity index (χ0) is 19.4. The molecule has 27 heavy (non-hydrogen) atoms. The van der Waals surface area contributed by atoms with E-state index < -0.39 is 10.0 Å². The minimum atomic E-state index is -3.78. The highest BCUT2D eigenvalue weighted by atomic mass is 32.2. The average Bonchev–Trinajstić information content (AvgIpc) is 2.60. The molecule has 0 saturated heterocycles. The fourth-order valence-corrected chi connectivity index (χ4v) is 3.85. The average molecular weight is 386 g/mol. The molecular formula is C19H22N4O3S. The molecule has 1 fully saturated rings. The lowest BCUT2D eigenvalue weighted by atomic mass is 9.94. The highest BCUT2D eigenvalue weighted by Gasteiger charge is 2.17. The molecular weight excluding hydrogens is 364 g/mol. The van der Waals surface area contributed by atoms with Crippen LogP contribution in [-0.4, -0.2) is 24.2 Å². The number of ketones is 1. The Balaban J connectivity index is 1.72. The number of carbonyl (C=O) groups is 1. The maximum absolute atomic E-state index is 12.5. The number of benzene rings is 1. The lowest BCUT2D eigenvalue weighted by Gasteiger charge is -2.13. The summed E-state index contributed by atoms with van der Waals surface area (Å²) in [6.45, 7) is 3.55. The van der Waals surface area contributed by atoms with Crippen LogP contribution in [0.2, 0.25) is 0 Å². The Morgan fingerprint density at radius 1 is 1.00 bits per heavy atom. The Morgan fingerprint density at radius 2 is 1.63 bits per heavy atom. The highest BCUT2D eigenvalue weighted by molar-refractivity contribution is 7.92. The first-order valence-electron chi connectivity index (χ1n) is 8.77. The monoisotopic (exact) mass is 386 g/mol. The van der Waals surface area contributed by atoms with Crippen LogP contribution in [-0.2, 0) is 14.8 Å². The number of Topliss-reactive ketones (excluding diaryl/α,β-unsaturated/α-hetero) is 1. The van der Waals surface area contributed by atoms with E-state index in [4.69, 9.17) is 0 Å². The molecule has 1 aliphatic rings. The second-order valence-electron chi connectivity index (χ2n) is 6.55. The van der Waals surface area contributed by atoms with E-state index in [0.29, 0.717) is 23.5 Å². The molecule has 7 nitrogen and oxygen atoms in total. The van der Waals surface area contributed by atoms with Crippen molar-refractivity contribution < 1.29 is 13.2 Å². The number of aryl methyl sites for hydroxylation is 2. The molecule has 0 bridgehead atoms. The van der Waals surface area contributed by atoms with Gasteiger partial charge in [0.1, 0.15) is 0 Å². The minimum absolute atomic E-state index is 0.0512. The molecule has 1 aliphatic carbocycles. The maximum atomic E-state index is 12.5. The minimum Gasteiger partial charge on any atom is -0.361 e. The van der Waals surface area contributed by atoms with Gasteiger partial charge < -0.3 is 5.32 Å². The maximum Gasteiger partial charge on any atom is 0.264 e. The predicted octanol–water partition coefficient (Wildman–Crippen LogP) is 3.33. The molecule has 8 heteroatoms. The molecule has 142 valence electrons. The first-order valence-corrected chi connectivity index (χ1v) is 10.3. The van der Waals surface area contributed by atoms with Crippen molar-refractivity contribution in [3.8, 4) is 0 Å². The van der Waals surface area contributed by atoms with Gasteiger partial charge in [-0.15, -0.1) is 0 Å². The van der Waals surface area contributed by atoms with Crippen LogP contribution < -0.4 is 10.0 Å². The molecule has 0 aliphatic heterocycles. The number of hydrogen-bond donors (Lipinski definition) is 2. The third-order valence-corrected chi connectivity index (χ3v) is 5.59. The van der Waals surface area contributed by atoms with Gasteiger partial charge in [-0.05, 0) is 63.4 Å². The van der Waals surface area contributed by atoms with Crippen LogP contribution in [0.15, 0.2) is 47.0 Å². The van der Waals surface area contributed by atoms with Crippen LogP contribution in [0, 0.1) is 13.8 Å². The molecule has 0 unspecified atom stereocenters. The lowest BCUT2D eigenvalue weighted by Crippen LogP contribution is -2.15. The summed E-state index contributed by atoms with van der Waals surface area (Å²) in [4.78, 5) is 20.1. The number of carbonyl (C=O) groups excluding carboxylic acids is 1. The number of rotatable bonds is 5. The third kappa shape index (κ3) is 4.91. The Morgan fingerprint density at radius 3 is 2.26 bits per heavy atom. The van der Waals surface area contributed by atoms with Gasteiger partial charge in [0.15, 0.2) is 5.78 Å². The van der Waals surface area contributed by atoms with E-state index in [1.165, 1.54) is 12.1 Å². The Hall–Kier alpha value is -2.74. The van der Waals surface area contributed by atoms with Crippen LogP contribution in [0.25, 0.3) is 0 Å². The van der Waals surface area contributed by atoms with Gasteiger partial charge in [0.2, 0.25) is 5.95 Å². The summed E-state index contributed by atoms with van der Waals surface area (Å²) in [6, 6.07) is 8.06. The van der Waals surface area contributed by atoms with E-state index in [0.717, 1.165) is 24.8 Å². The first-order chi connectivity index (χ1) is 12.8. The summed E-state index contributed by atoms with van der Waals surface area (Å²) >= 11 is 0. The summed E-state index contributed by atoms with van der Waals surface area (Å²) in [5.74, 6) is 0.223. The topological polar surface area (TPSA) is 101 Å². The summed E-state index contributed by atoms with van der Waals surface area (Å²) in [5, 5.41) is 3.07. The molecule has 0 atom stereocenters. The Labute approximate surface area is 159 Å². The molecule has 0 amide bonds. The van der Waals surface area contributed by atoms with E-state index >= 15 is 0 Å². The van der Waals surface area contributed by atoms with Gasteiger partial charge in [-0.25, -0.2) is 23.1 Å². The van der Waals surface area contributed by atoms with Gasteiger partial charge in [-0.2, -0.15) is 0 Å². The molecule has 2 aromatic rings. The molecule has 1 saturated carbocycles. The van der Waals surface area contributed by atoms with Crippen molar-refractivity contribution in [2.75, 3.05) is 10.0 Å². The van der Waals surface area contributed by atoms with Gasteiger partial charge in [0.25, 0.3) is 10.0 Å². The molecule has 0 spiro atoms. The van der Waals surface area contributed by atoms with Crippen molar-refractivity contribution in [1.82, 2.24) is 9.97 Å². The molecule has 0 radical (unpaired) electrons. The van der Waals surface area contributed by atoms with Crippen LogP contribution in [0.3, 0.4) is 0 Å². The second-order valence-corrected chi connectivity index (χ2v) is 8.23. The lowest BCUT2D eigenvalue weighted by molar-refractivity contribution is -0.116. The highest BCUT2D eigenvalue weighted by Crippen LogP contribution is 2.21. The van der Waals surface area contributed by atoms with Crippen molar-refractivity contribution in [1.29, 1.82) is 0 Å². The fourth-order valence-electron chi connectivity index (χ4n) is 2.91. The molecule has 3 rings (SSSR count). The summed E-state index contributed by atoms with van der Waals surface area (Å²) in [6.07, 6.45) is 5.05. The van der Waals surface area contributed by atoms with Gasteiger partial charge in [-0.1, -0.05) is 0 Å². The van der Waals surface area contributed by atoms with Crippen LogP contribution in [0.5, 0.6) is 0 Å². The summed E-state index contributed by atoms with van der Waals surface area (Å²) in [7, 11) is -3.78. The standard InChI is InChI=1S/C19H22N4O3S/c1-13-11-14(2)22-19(21-13)23-27(25,26)17-9-7-16(8-10-17)20-12-15-5-3-4-6-18(15)24/h7-12,20H,3-6H2,1-2H3,(H,21,22,23). The Kier molecular flexibility index (Phi) is 5.55. The smallest absolute Gasteiger partial charge is 0.264 e. The first kappa shape index (κ1) is 19.0. The van der Waals surface area contributed by atoms with Crippen molar-refractivity contribution in [2.24, 2.45) is 0 Å². The van der Waals surface area contributed by atoms with Crippen molar-refractivity contribution in [2.45, 2.75) is 44.4 Å². The number of sulfonamides is 1. The van der Waals surface area contributed by atoms with E-state index in [1.807, 2.05) is 0 Å². The number of aromatic nitrogens is 2. The van der Waals surface area contributed by atoms with E-state index in [2.05, 4.69) is 20.0 Å². The van der Waals surface area contributed by atoms with Crippen LogP contribution in [0.1, 0.15) is 37.1 Å². The Bertz CT molecular complexity index is 962. The predicted molar refractivity (Wildman–Crippen MR) is 104 cm³/mol. The number of allylic oxidation sites excluding steroid dienone is 1.